The van der Waals surface area contributed by atoms with Gasteiger partial charge in [0.15, 0.2) is 14.1 Å². The largest absolute Gasteiger partial charge is 0.457 e. The van der Waals surface area contributed by atoms with E-state index in [-0.39, 0.29) is 41.3 Å². The third kappa shape index (κ3) is 8.36. The van der Waals surface area contributed by atoms with Crippen molar-refractivity contribution in [3.8, 4) is 0 Å². The van der Waals surface area contributed by atoms with Crippen LogP contribution in [0, 0.1) is 5.92 Å². The number of carbonyl (C=O) groups is 4. The lowest BCUT2D eigenvalue weighted by molar-refractivity contribution is -0.156. The van der Waals surface area contributed by atoms with Gasteiger partial charge >= 0.3 is 12.1 Å². The van der Waals surface area contributed by atoms with Crippen LogP contribution in [0.4, 0.5) is 4.79 Å². The first-order valence-electron chi connectivity index (χ1n) is 19.5. The summed E-state index contributed by atoms with van der Waals surface area (Å²) in [4.78, 5) is 59.8. The summed E-state index contributed by atoms with van der Waals surface area (Å²) in [5.41, 5.74) is 1.54. The topological polar surface area (TPSA) is 102 Å². The van der Waals surface area contributed by atoms with Gasteiger partial charge in [0.2, 0.25) is 5.91 Å². The zero-order valence-corrected chi connectivity index (χ0v) is 35.6. The Morgan fingerprint density at radius 3 is 1.86 bits per heavy atom. The third-order valence-corrected chi connectivity index (χ3v) is 20.3. The zero-order valence-electron chi connectivity index (χ0n) is 33.7. The first-order chi connectivity index (χ1) is 27.2. The maximum atomic E-state index is 15.1. The molecule has 9 nitrogen and oxygen atoms in total. The van der Waals surface area contributed by atoms with Gasteiger partial charge in [-0.25, -0.2) is 9.59 Å². The highest BCUT2D eigenvalue weighted by atomic mass is 31.2. The number of benzene rings is 4. The van der Waals surface area contributed by atoms with E-state index in [4.69, 9.17) is 13.9 Å². The normalized spacial score (nSPS) is 17.7. The van der Waals surface area contributed by atoms with Gasteiger partial charge in [0.05, 0.1) is 24.6 Å². The van der Waals surface area contributed by atoms with Crippen molar-refractivity contribution in [2.75, 3.05) is 19.8 Å². The lowest BCUT2D eigenvalue weighted by atomic mass is 9.79. The Morgan fingerprint density at radius 1 is 0.877 bits per heavy atom. The van der Waals surface area contributed by atoms with Gasteiger partial charge in [0.1, 0.15) is 18.6 Å². The summed E-state index contributed by atoms with van der Waals surface area (Å²) in [5.74, 6) is -1.83. The number of nitrogens with zero attached hydrogens (tertiary/aromatic N) is 2. The van der Waals surface area contributed by atoms with E-state index in [9.17, 15) is 14.4 Å². The smallest absolute Gasteiger partial charge is 0.410 e. The number of esters is 1. The van der Waals surface area contributed by atoms with E-state index >= 15 is 4.79 Å². The Balaban J connectivity index is 1.55. The van der Waals surface area contributed by atoms with Gasteiger partial charge in [-0.15, -0.1) is 0 Å². The number of cyclic esters (lactones) is 1. The number of ether oxygens (including phenoxy) is 2. The van der Waals surface area contributed by atoms with Crippen LogP contribution in [0.1, 0.15) is 50.0 Å². The second-order valence-electron chi connectivity index (χ2n) is 16.1. The summed E-state index contributed by atoms with van der Waals surface area (Å²) in [6.07, 6.45) is 0.550. The number of likely N-dealkylation sites (tertiary alicyclic amines) is 1. The maximum Gasteiger partial charge on any atom is 0.410 e. The average molecular weight is 805 g/mol. The summed E-state index contributed by atoms with van der Waals surface area (Å²) in [5, 5.41) is 2.44. The second kappa shape index (κ2) is 17.2. The van der Waals surface area contributed by atoms with Gasteiger partial charge in [-0.1, -0.05) is 149 Å². The number of ketones is 1. The van der Waals surface area contributed by atoms with Gasteiger partial charge in [-0.05, 0) is 46.5 Å². The highest BCUT2D eigenvalue weighted by molar-refractivity contribution is 7.96. The minimum Gasteiger partial charge on any atom is -0.457 e. The Labute approximate surface area is 337 Å². The second-order valence-corrected chi connectivity index (χ2v) is 24.2. The number of carbonyl (C=O) groups excluding carboxylic acids is 4. The lowest BCUT2D eigenvalue weighted by Gasteiger charge is -2.53. The van der Waals surface area contributed by atoms with Crippen molar-refractivity contribution in [2.45, 2.75) is 70.9 Å². The lowest BCUT2D eigenvalue weighted by Crippen LogP contribution is -2.69. The number of hydrogen-bond donors (Lipinski definition) is 0. The van der Waals surface area contributed by atoms with Gasteiger partial charge in [-0.2, -0.15) is 0 Å². The van der Waals surface area contributed by atoms with E-state index in [1.54, 1.807) is 21.9 Å². The van der Waals surface area contributed by atoms with Crippen LogP contribution in [-0.4, -0.2) is 79.2 Å². The predicted octanol–water partition coefficient (Wildman–Crippen LogP) is 7.30. The molecule has 4 aromatic rings. The van der Waals surface area contributed by atoms with E-state index in [0.717, 1.165) is 21.5 Å². The van der Waals surface area contributed by atoms with Crippen LogP contribution in [0.25, 0.3) is 0 Å². The molecule has 298 valence electrons. The molecule has 0 bridgehead atoms. The standard InChI is InChI=1S/C46H53N2O7PSi/c1-8-29-53-44(51)43(56(36-18-12-9-13-19-36,37-20-14-10-15-21-37)38-22-16-11-17-23-38)48-39(41(42(48)50)33(2)55-57(6,7)46(3,4)5)31-40(49)35-26-24-34(25-27-35)32-47-28-30-54-45(47)52/h8-27,33,39,41H,1,28-32H2,2-7H3/t33-,39-,41-/m1/s1. The van der Waals surface area contributed by atoms with Gasteiger partial charge in [0.25, 0.3) is 0 Å². The molecule has 11 heteroatoms. The van der Waals surface area contributed by atoms with Crippen molar-refractivity contribution in [3.63, 3.8) is 0 Å². The first-order valence-corrected chi connectivity index (χ1v) is 24.2. The minimum absolute atomic E-state index is 0.0595. The van der Waals surface area contributed by atoms with Crippen molar-refractivity contribution in [3.05, 3.63) is 139 Å². The summed E-state index contributed by atoms with van der Waals surface area (Å²) in [6, 6.07) is 35.9. The van der Waals surface area contributed by atoms with Gasteiger partial charge in [-0.3, -0.25) is 9.59 Å². The van der Waals surface area contributed by atoms with Crippen LogP contribution in [0.5, 0.6) is 0 Å². The molecule has 2 saturated heterocycles. The molecule has 0 N–H and O–H groups in total. The van der Waals surface area contributed by atoms with Crippen LogP contribution >= 0.6 is 6.89 Å². The molecule has 0 radical (unpaired) electrons. The highest BCUT2D eigenvalue weighted by Gasteiger charge is 2.57. The summed E-state index contributed by atoms with van der Waals surface area (Å²) in [6.45, 7) is 14.4. The van der Waals surface area contributed by atoms with Gasteiger partial charge < -0.3 is 23.7 Å². The molecule has 3 atom stereocenters. The Hall–Kier alpha value is -5.02. The Bertz CT molecular complexity index is 2050. The molecule has 57 heavy (non-hydrogen) atoms. The molecule has 0 spiro atoms. The van der Waals surface area contributed by atoms with E-state index < -0.39 is 39.2 Å². The SMILES string of the molecule is C=CCOC(=O)C(N1C(=O)[C@H]([C@@H](C)O[Si](C)(C)C(C)(C)C)[C@H]1CC(=O)c1ccc(CN2CCOC2=O)cc1)=P(c1ccccc1)(c1ccccc1)c1ccccc1. The van der Waals surface area contributed by atoms with Crippen molar-refractivity contribution in [2.24, 2.45) is 5.92 Å². The number of hydrogen-bond acceptors (Lipinski definition) is 7. The van der Waals surface area contributed by atoms with Crippen LogP contribution < -0.4 is 15.9 Å². The van der Waals surface area contributed by atoms with Crippen LogP contribution in [-0.2, 0) is 30.0 Å². The van der Waals surface area contributed by atoms with E-state index in [1.165, 1.54) is 6.08 Å². The van der Waals surface area contributed by atoms with Crippen molar-refractivity contribution < 1.29 is 33.1 Å². The molecular weight excluding hydrogens is 752 g/mol. The van der Waals surface area contributed by atoms with Crippen molar-refractivity contribution in [1.29, 1.82) is 0 Å². The fraction of sp³-hybridized carbons (Fsp3) is 0.326. The molecule has 0 unspecified atom stereocenters. The Morgan fingerprint density at radius 2 is 1.40 bits per heavy atom. The molecular formula is C46H53N2O7PSi. The maximum absolute atomic E-state index is 15.1. The quantitative estimate of drug-likeness (QED) is 0.0311. The molecule has 2 aliphatic rings. The molecule has 2 fully saturated rings. The summed E-state index contributed by atoms with van der Waals surface area (Å²) < 4.78 is 17.9. The molecule has 2 aliphatic heterocycles. The molecule has 6 rings (SSSR count). The number of Topliss-reactive ketones (excluding diaryl/α,β-unsaturated/α-hetero) is 1. The fourth-order valence-electron chi connectivity index (χ4n) is 7.53. The number of amides is 2. The predicted molar refractivity (Wildman–Crippen MR) is 230 cm³/mol. The van der Waals surface area contributed by atoms with E-state index in [0.29, 0.717) is 25.3 Å². The van der Waals surface area contributed by atoms with Crippen LogP contribution in [0.15, 0.2) is 128 Å². The number of rotatable bonds is 15. The summed E-state index contributed by atoms with van der Waals surface area (Å²) in [7, 11) is -2.38. The minimum atomic E-state index is -3.19. The molecule has 0 saturated carbocycles. The van der Waals surface area contributed by atoms with Crippen LogP contribution in [0.3, 0.4) is 0 Å². The average Bonchev–Trinajstić information content (AvgIpc) is 3.60. The third-order valence-electron chi connectivity index (χ3n) is 11.4. The van der Waals surface area contributed by atoms with Crippen molar-refractivity contribution >= 4 is 60.3 Å². The van der Waals surface area contributed by atoms with Crippen LogP contribution in [0.2, 0.25) is 18.1 Å². The molecule has 0 aromatic heterocycles. The monoisotopic (exact) mass is 804 g/mol. The van der Waals surface area contributed by atoms with Gasteiger partial charge in [0, 0.05) is 25.4 Å². The molecule has 4 aromatic carbocycles. The highest BCUT2D eigenvalue weighted by Crippen LogP contribution is 2.51. The fourth-order valence-corrected chi connectivity index (χ4v) is 13.4. The van der Waals surface area contributed by atoms with Crippen molar-refractivity contribution in [1.82, 2.24) is 9.80 Å². The number of β-lactam (4-membered cyclic amide) rings is 1. The zero-order chi connectivity index (χ0) is 41.0. The molecule has 2 heterocycles. The first kappa shape index (κ1) is 41.6. The molecule has 2 amide bonds. The van der Waals surface area contributed by atoms with E-state index in [2.05, 4.69) is 40.4 Å². The molecule has 0 aliphatic carbocycles. The summed E-state index contributed by atoms with van der Waals surface area (Å²) >= 11 is 0. The van der Waals surface area contributed by atoms with E-state index in [1.807, 2.05) is 110 Å². The Kier molecular flexibility index (Phi) is 12.6.